The number of hydrogen-bond acceptors (Lipinski definition) is 6. The third-order valence-corrected chi connectivity index (χ3v) is 5.74. The normalized spacial score (nSPS) is 10.8. The zero-order valence-electron chi connectivity index (χ0n) is 18.9. The van der Waals surface area contributed by atoms with E-state index < -0.39 is 0 Å². The lowest BCUT2D eigenvalue weighted by Crippen LogP contribution is -1.96. The molecule has 4 aromatic rings. The minimum atomic E-state index is 0.0504. The lowest BCUT2D eigenvalue weighted by Gasteiger charge is -2.16. The van der Waals surface area contributed by atoms with Crippen LogP contribution in [0.5, 0.6) is 34.5 Å². The summed E-state index contributed by atoms with van der Waals surface area (Å²) >= 11 is 0. The van der Waals surface area contributed by atoms with Crippen LogP contribution < -0.4 is 9.47 Å². The first-order valence-electron chi connectivity index (χ1n) is 10.7. The van der Waals surface area contributed by atoms with E-state index in [2.05, 4.69) is 0 Å². The van der Waals surface area contributed by atoms with Crippen LogP contribution >= 0.6 is 0 Å². The quantitative estimate of drug-likeness (QED) is 0.297. The number of ether oxygens (including phenoxy) is 2. The predicted octanol–water partition coefficient (Wildman–Crippen LogP) is 5.37. The van der Waals surface area contributed by atoms with Crippen molar-refractivity contribution < 1.29 is 29.9 Å². The standard InChI is InChI=1S/C28H26O6/c1-33-25-15-19(13-21(27(25)31)11-17-3-7-23(29)8-4-17)20-14-22(28(32)26(16-20)34-2)12-18-5-9-24(30)10-6-18/h3-10,13-16,29-32H,11-12H2,1-2H3. The molecule has 174 valence electrons. The van der Waals surface area contributed by atoms with Crippen molar-refractivity contribution in [2.24, 2.45) is 0 Å². The van der Waals surface area contributed by atoms with Crippen molar-refractivity contribution in [3.63, 3.8) is 0 Å². The van der Waals surface area contributed by atoms with Gasteiger partial charge in [-0.3, -0.25) is 0 Å². The van der Waals surface area contributed by atoms with E-state index in [1.165, 1.54) is 14.2 Å². The molecule has 0 bridgehead atoms. The van der Waals surface area contributed by atoms with Gasteiger partial charge in [0.05, 0.1) is 14.2 Å². The van der Waals surface area contributed by atoms with Crippen LogP contribution in [0, 0.1) is 0 Å². The van der Waals surface area contributed by atoms with Gasteiger partial charge in [-0.25, -0.2) is 0 Å². The monoisotopic (exact) mass is 458 g/mol. The highest BCUT2D eigenvalue weighted by molar-refractivity contribution is 5.73. The fourth-order valence-corrected chi connectivity index (χ4v) is 3.91. The number of aromatic hydroxyl groups is 4. The molecule has 0 aromatic heterocycles. The zero-order chi connectivity index (χ0) is 24.2. The van der Waals surface area contributed by atoms with Crippen molar-refractivity contribution >= 4 is 0 Å². The van der Waals surface area contributed by atoms with Gasteiger partial charge in [0, 0.05) is 24.0 Å². The summed E-state index contributed by atoms with van der Waals surface area (Å²) in [5.41, 5.74) is 4.73. The fourth-order valence-electron chi connectivity index (χ4n) is 3.91. The smallest absolute Gasteiger partial charge is 0.161 e. The average Bonchev–Trinajstić information content (AvgIpc) is 2.84. The van der Waals surface area contributed by atoms with Crippen molar-refractivity contribution in [3.05, 3.63) is 95.1 Å². The van der Waals surface area contributed by atoms with Gasteiger partial charge in [-0.05, 0) is 70.8 Å². The molecule has 0 aliphatic rings. The largest absolute Gasteiger partial charge is 0.508 e. The second-order valence-electron chi connectivity index (χ2n) is 8.06. The van der Waals surface area contributed by atoms with Crippen LogP contribution in [0.15, 0.2) is 72.8 Å². The first kappa shape index (κ1) is 22.9. The highest BCUT2D eigenvalue weighted by Crippen LogP contribution is 2.41. The number of hydrogen-bond donors (Lipinski definition) is 4. The van der Waals surface area contributed by atoms with E-state index in [1.807, 2.05) is 12.1 Å². The van der Waals surface area contributed by atoms with E-state index in [9.17, 15) is 20.4 Å². The first-order valence-corrected chi connectivity index (χ1v) is 10.7. The highest BCUT2D eigenvalue weighted by Gasteiger charge is 2.17. The molecule has 0 heterocycles. The molecule has 0 radical (unpaired) electrons. The molecule has 0 spiro atoms. The number of phenols is 4. The van der Waals surface area contributed by atoms with Crippen molar-refractivity contribution in [2.75, 3.05) is 14.2 Å². The molecular weight excluding hydrogens is 432 g/mol. The Hall–Kier alpha value is -4.32. The number of methoxy groups -OCH3 is 2. The Morgan fingerprint density at radius 1 is 0.529 bits per heavy atom. The van der Waals surface area contributed by atoms with Gasteiger partial charge < -0.3 is 29.9 Å². The summed E-state index contributed by atoms with van der Waals surface area (Å²) in [5.74, 6) is 1.12. The maximum absolute atomic E-state index is 10.7. The molecule has 4 rings (SSSR count). The molecule has 34 heavy (non-hydrogen) atoms. The van der Waals surface area contributed by atoms with Crippen LogP contribution in [-0.4, -0.2) is 34.6 Å². The Morgan fingerprint density at radius 3 is 1.21 bits per heavy atom. The van der Waals surface area contributed by atoms with E-state index in [-0.39, 0.29) is 23.0 Å². The molecule has 0 amide bonds. The van der Waals surface area contributed by atoms with Gasteiger partial charge in [-0.1, -0.05) is 24.3 Å². The summed E-state index contributed by atoms with van der Waals surface area (Å²) in [6.45, 7) is 0. The molecule has 6 nitrogen and oxygen atoms in total. The van der Waals surface area contributed by atoms with Gasteiger partial charge in [0.25, 0.3) is 0 Å². The van der Waals surface area contributed by atoms with Gasteiger partial charge in [-0.2, -0.15) is 0 Å². The van der Waals surface area contributed by atoms with Crippen LogP contribution in [0.1, 0.15) is 22.3 Å². The third-order valence-electron chi connectivity index (χ3n) is 5.74. The second-order valence-corrected chi connectivity index (χ2v) is 8.06. The minimum Gasteiger partial charge on any atom is -0.508 e. The molecule has 0 aliphatic heterocycles. The number of rotatable bonds is 7. The van der Waals surface area contributed by atoms with Gasteiger partial charge in [0.15, 0.2) is 23.0 Å². The van der Waals surface area contributed by atoms with Gasteiger partial charge >= 0.3 is 0 Å². The molecule has 0 unspecified atom stereocenters. The third kappa shape index (κ3) is 4.86. The van der Waals surface area contributed by atoms with Gasteiger partial charge in [0.2, 0.25) is 0 Å². The molecular formula is C28H26O6. The van der Waals surface area contributed by atoms with Gasteiger partial charge in [-0.15, -0.1) is 0 Å². The van der Waals surface area contributed by atoms with Crippen molar-refractivity contribution in [1.82, 2.24) is 0 Å². The highest BCUT2D eigenvalue weighted by atomic mass is 16.5. The molecule has 0 aliphatic carbocycles. The summed E-state index contributed by atoms with van der Waals surface area (Å²) in [5, 5.41) is 40.6. The van der Waals surface area contributed by atoms with Crippen LogP contribution in [0.2, 0.25) is 0 Å². The van der Waals surface area contributed by atoms with Crippen molar-refractivity contribution in [3.8, 4) is 45.6 Å². The lowest BCUT2D eigenvalue weighted by molar-refractivity contribution is 0.370. The maximum Gasteiger partial charge on any atom is 0.161 e. The van der Waals surface area contributed by atoms with E-state index >= 15 is 0 Å². The van der Waals surface area contributed by atoms with E-state index in [1.54, 1.807) is 60.7 Å². The molecule has 0 fully saturated rings. The Morgan fingerprint density at radius 2 is 0.882 bits per heavy atom. The molecule has 4 aromatic carbocycles. The van der Waals surface area contributed by atoms with E-state index in [0.29, 0.717) is 35.5 Å². The zero-order valence-corrected chi connectivity index (χ0v) is 18.9. The van der Waals surface area contributed by atoms with E-state index in [0.717, 1.165) is 22.3 Å². The average molecular weight is 459 g/mol. The van der Waals surface area contributed by atoms with Crippen molar-refractivity contribution in [2.45, 2.75) is 12.8 Å². The Bertz CT molecular complexity index is 1190. The summed E-state index contributed by atoms with van der Waals surface area (Å²) in [6.07, 6.45) is 0.873. The molecule has 4 N–H and O–H groups in total. The van der Waals surface area contributed by atoms with E-state index in [4.69, 9.17) is 9.47 Å². The van der Waals surface area contributed by atoms with Gasteiger partial charge in [0.1, 0.15) is 11.5 Å². The van der Waals surface area contributed by atoms with Crippen LogP contribution in [0.3, 0.4) is 0 Å². The Labute approximate surface area is 197 Å². The summed E-state index contributed by atoms with van der Waals surface area (Å²) in [7, 11) is 2.99. The second kappa shape index (κ2) is 9.67. The molecule has 0 saturated heterocycles. The summed E-state index contributed by atoms with van der Waals surface area (Å²) < 4.78 is 10.9. The number of benzene rings is 4. The summed E-state index contributed by atoms with van der Waals surface area (Å²) in [4.78, 5) is 0. The fraction of sp³-hybridized carbons (Fsp3) is 0.143. The van der Waals surface area contributed by atoms with Crippen LogP contribution in [0.4, 0.5) is 0 Å². The molecule has 0 atom stereocenters. The lowest BCUT2D eigenvalue weighted by atomic mass is 9.94. The Kier molecular flexibility index (Phi) is 6.50. The molecule has 6 heteroatoms. The summed E-state index contributed by atoms with van der Waals surface area (Å²) in [6, 6.07) is 20.9. The number of phenolic OH excluding ortho intramolecular Hbond substituents is 4. The van der Waals surface area contributed by atoms with Crippen LogP contribution in [0.25, 0.3) is 11.1 Å². The SMILES string of the molecule is COc1cc(-c2cc(Cc3ccc(O)cc3)c(O)c(OC)c2)cc(Cc2ccc(O)cc2)c1O. The van der Waals surface area contributed by atoms with Crippen molar-refractivity contribution in [1.29, 1.82) is 0 Å². The first-order chi connectivity index (χ1) is 16.4. The topological polar surface area (TPSA) is 99.4 Å². The van der Waals surface area contributed by atoms with Crippen LogP contribution in [-0.2, 0) is 12.8 Å². The predicted molar refractivity (Wildman–Crippen MR) is 130 cm³/mol. The maximum atomic E-state index is 10.7. The molecule has 0 saturated carbocycles. The minimum absolute atomic E-state index is 0.0504. The Balaban J connectivity index is 1.77.